The molecule has 1 saturated carbocycles. The van der Waals surface area contributed by atoms with E-state index in [9.17, 15) is 0 Å². The van der Waals surface area contributed by atoms with Crippen LogP contribution in [0.15, 0.2) is 0 Å². The number of rotatable bonds is 4. The Balaban J connectivity index is 1.98. The fourth-order valence-corrected chi connectivity index (χ4v) is 4.26. The molecule has 1 saturated heterocycles. The van der Waals surface area contributed by atoms with E-state index >= 15 is 0 Å². The van der Waals surface area contributed by atoms with E-state index in [-0.39, 0.29) is 5.54 Å². The van der Waals surface area contributed by atoms with Crippen LogP contribution in [0.4, 0.5) is 0 Å². The number of nitrogens with zero attached hydrogens (tertiary/aromatic N) is 2. The fourth-order valence-electron chi connectivity index (χ4n) is 4.26. The zero-order valence-electron chi connectivity index (χ0n) is 13.2. The molecule has 0 aromatic rings. The number of hydrogen-bond donors (Lipinski definition) is 1. The average molecular weight is 267 g/mol. The Hall–Kier alpha value is -0.120. The molecule has 2 N–H and O–H groups in total. The molecule has 0 radical (unpaired) electrons. The van der Waals surface area contributed by atoms with Gasteiger partial charge in [0.2, 0.25) is 0 Å². The Morgan fingerprint density at radius 3 is 2.47 bits per heavy atom. The summed E-state index contributed by atoms with van der Waals surface area (Å²) in [5.41, 5.74) is 6.43. The predicted molar refractivity (Wildman–Crippen MR) is 82.3 cm³/mol. The van der Waals surface area contributed by atoms with Crippen molar-refractivity contribution in [2.75, 3.05) is 33.7 Å². The van der Waals surface area contributed by atoms with Crippen LogP contribution in [-0.2, 0) is 0 Å². The normalized spacial score (nSPS) is 37.7. The number of hydrogen-bond acceptors (Lipinski definition) is 3. The molecule has 3 heteroatoms. The van der Waals surface area contributed by atoms with Crippen molar-refractivity contribution in [2.24, 2.45) is 11.7 Å². The van der Waals surface area contributed by atoms with Crippen LogP contribution in [0, 0.1) is 5.92 Å². The van der Waals surface area contributed by atoms with Gasteiger partial charge in [-0.3, -0.25) is 4.90 Å². The lowest BCUT2D eigenvalue weighted by Crippen LogP contribution is -2.63. The Bertz CT molecular complexity index is 273. The maximum absolute atomic E-state index is 6.19. The van der Waals surface area contributed by atoms with E-state index in [1.807, 2.05) is 0 Å². The standard InChI is InChI=1S/C16H33N3/c1-4-14-6-8-15(9-7-14)19(3)16(12-17)10-5-11-18(2)13-16/h14-15H,4-13,17H2,1-3H3. The van der Waals surface area contributed by atoms with E-state index in [0.29, 0.717) is 0 Å². The molecule has 1 aliphatic heterocycles. The number of piperidine rings is 1. The van der Waals surface area contributed by atoms with Crippen molar-refractivity contribution in [2.45, 2.75) is 63.5 Å². The summed E-state index contributed by atoms with van der Waals surface area (Å²) < 4.78 is 0. The molecule has 1 aliphatic carbocycles. The molecule has 3 nitrogen and oxygen atoms in total. The van der Waals surface area contributed by atoms with Gasteiger partial charge >= 0.3 is 0 Å². The highest BCUT2D eigenvalue weighted by Gasteiger charge is 2.40. The largest absolute Gasteiger partial charge is 0.329 e. The lowest BCUT2D eigenvalue weighted by atomic mass is 9.80. The number of likely N-dealkylation sites (tertiary alicyclic amines) is 1. The van der Waals surface area contributed by atoms with Crippen molar-refractivity contribution in [1.29, 1.82) is 0 Å². The first-order chi connectivity index (χ1) is 9.11. The van der Waals surface area contributed by atoms with Crippen LogP contribution in [-0.4, -0.2) is 55.1 Å². The van der Waals surface area contributed by atoms with Crippen LogP contribution in [0.25, 0.3) is 0 Å². The molecule has 2 fully saturated rings. The number of likely N-dealkylation sites (N-methyl/N-ethyl adjacent to an activating group) is 2. The molecule has 1 heterocycles. The smallest absolute Gasteiger partial charge is 0.0458 e. The van der Waals surface area contributed by atoms with E-state index in [4.69, 9.17) is 5.73 Å². The second-order valence-corrected chi connectivity index (χ2v) is 6.96. The second-order valence-electron chi connectivity index (χ2n) is 6.96. The molecule has 0 bridgehead atoms. The Labute approximate surface area is 119 Å². The van der Waals surface area contributed by atoms with E-state index in [0.717, 1.165) is 25.0 Å². The van der Waals surface area contributed by atoms with Crippen LogP contribution in [0.1, 0.15) is 51.9 Å². The molecular formula is C16H33N3. The highest BCUT2D eigenvalue weighted by atomic mass is 15.3. The summed E-state index contributed by atoms with van der Waals surface area (Å²) in [6, 6.07) is 0.762. The lowest BCUT2D eigenvalue weighted by Gasteiger charge is -2.51. The Morgan fingerprint density at radius 1 is 1.26 bits per heavy atom. The third-order valence-corrected chi connectivity index (χ3v) is 5.82. The molecule has 0 aromatic carbocycles. The fraction of sp³-hybridized carbons (Fsp3) is 1.00. The van der Waals surface area contributed by atoms with E-state index < -0.39 is 0 Å². The molecule has 0 amide bonds. The summed E-state index contributed by atoms with van der Waals surface area (Å²) in [7, 11) is 4.58. The zero-order valence-corrected chi connectivity index (χ0v) is 13.2. The third-order valence-electron chi connectivity index (χ3n) is 5.82. The molecule has 1 atom stereocenters. The van der Waals surface area contributed by atoms with Crippen LogP contribution in [0.5, 0.6) is 0 Å². The van der Waals surface area contributed by atoms with Gasteiger partial charge in [0.1, 0.15) is 0 Å². The van der Waals surface area contributed by atoms with Gasteiger partial charge < -0.3 is 10.6 Å². The average Bonchev–Trinajstić information content (AvgIpc) is 2.46. The van der Waals surface area contributed by atoms with Gasteiger partial charge in [-0.15, -0.1) is 0 Å². The minimum absolute atomic E-state index is 0.233. The van der Waals surface area contributed by atoms with Gasteiger partial charge in [0.05, 0.1) is 0 Å². The summed E-state index contributed by atoms with van der Waals surface area (Å²) >= 11 is 0. The van der Waals surface area contributed by atoms with Crippen LogP contribution in [0.2, 0.25) is 0 Å². The van der Waals surface area contributed by atoms with E-state index in [1.54, 1.807) is 0 Å². The van der Waals surface area contributed by atoms with Crippen molar-refractivity contribution in [3.63, 3.8) is 0 Å². The highest BCUT2D eigenvalue weighted by molar-refractivity contribution is 4.98. The number of nitrogens with two attached hydrogens (primary N) is 1. The minimum Gasteiger partial charge on any atom is -0.329 e. The third kappa shape index (κ3) is 3.32. The molecule has 0 aromatic heterocycles. The SMILES string of the molecule is CCC1CCC(N(C)C2(CN)CCCN(C)C2)CC1. The van der Waals surface area contributed by atoms with Gasteiger partial charge in [-0.05, 0) is 65.1 Å². The van der Waals surface area contributed by atoms with Gasteiger partial charge in [0.15, 0.2) is 0 Å². The first-order valence-electron chi connectivity index (χ1n) is 8.23. The lowest BCUT2D eigenvalue weighted by molar-refractivity contribution is -0.000255. The van der Waals surface area contributed by atoms with E-state index in [2.05, 4.69) is 30.8 Å². The van der Waals surface area contributed by atoms with Crippen molar-refractivity contribution in [3.8, 4) is 0 Å². The molecule has 1 unspecified atom stereocenters. The van der Waals surface area contributed by atoms with Crippen LogP contribution in [0.3, 0.4) is 0 Å². The summed E-state index contributed by atoms with van der Waals surface area (Å²) in [5, 5.41) is 0. The molecule has 2 aliphatic rings. The highest BCUT2D eigenvalue weighted by Crippen LogP contribution is 2.34. The van der Waals surface area contributed by atoms with Crippen molar-refractivity contribution >= 4 is 0 Å². The van der Waals surface area contributed by atoms with Crippen molar-refractivity contribution in [3.05, 3.63) is 0 Å². The van der Waals surface area contributed by atoms with Crippen LogP contribution < -0.4 is 5.73 Å². The van der Waals surface area contributed by atoms with Crippen LogP contribution >= 0.6 is 0 Å². The zero-order chi connectivity index (χ0) is 13.9. The van der Waals surface area contributed by atoms with Gasteiger partial charge in [0.25, 0.3) is 0 Å². The quantitative estimate of drug-likeness (QED) is 0.848. The monoisotopic (exact) mass is 267 g/mol. The van der Waals surface area contributed by atoms with Gasteiger partial charge in [0, 0.05) is 24.7 Å². The molecule has 0 spiro atoms. The molecule has 112 valence electrons. The van der Waals surface area contributed by atoms with Gasteiger partial charge in [-0.25, -0.2) is 0 Å². The Morgan fingerprint density at radius 2 is 1.95 bits per heavy atom. The minimum atomic E-state index is 0.233. The maximum atomic E-state index is 6.19. The summed E-state index contributed by atoms with van der Waals surface area (Å²) in [6.07, 6.45) is 9.52. The van der Waals surface area contributed by atoms with Gasteiger partial charge in [-0.1, -0.05) is 13.3 Å². The summed E-state index contributed by atoms with van der Waals surface area (Å²) in [4.78, 5) is 5.12. The first-order valence-corrected chi connectivity index (χ1v) is 8.23. The maximum Gasteiger partial charge on any atom is 0.0458 e. The van der Waals surface area contributed by atoms with Crippen molar-refractivity contribution < 1.29 is 0 Å². The topological polar surface area (TPSA) is 32.5 Å². The van der Waals surface area contributed by atoms with E-state index in [1.165, 1.54) is 51.5 Å². The second kappa shape index (κ2) is 6.55. The summed E-state index contributed by atoms with van der Waals surface area (Å²) in [5.74, 6) is 0.979. The molecule has 19 heavy (non-hydrogen) atoms. The van der Waals surface area contributed by atoms with Gasteiger partial charge in [-0.2, -0.15) is 0 Å². The van der Waals surface area contributed by atoms with Crippen molar-refractivity contribution in [1.82, 2.24) is 9.80 Å². The molecule has 2 rings (SSSR count). The Kier molecular flexibility index (Phi) is 5.27. The molecular weight excluding hydrogens is 234 g/mol. The first kappa shape index (κ1) is 15.3. The predicted octanol–water partition coefficient (Wildman–Crippen LogP) is 2.31. The summed E-state index contributed by atoms with van der Waals surface area (Å²) in [6.45, 7) is 5.53.